The molecule has 1 nitrogen and oxygen atoms in total. The first kappa shape index (κ1) is 16.1. The van der Waals surface area contributed by atoms with Crippen LogP contribution >= 0.6 is 23.2 Å². The molecule has 2 aromatic carbocycles. The molecule has 0 bridgehead atoms. The van der Waals surface area contributed by atoms with E-state index in [0.717, 1.165) is 6.04 Å². The number of benzene rings is 2. The van der Waals surface area contributed by atoms with E-state index in [-0.39, 0.29) is 10.8 Å². The largest absolute Gasteiger partial charge is 0.401 e. The zero-order chi connectivity index (χ0) is 15.8. The smallest absolute Gasteiger partial charge is 0.258 e. The Labute approximate surface area is 143 Å². The molecule has 2 unspecified atom stereocenters. The Morgan fingerprint density at radius 1 is 0.909 bits per heavy atom. The van der Waals surface area contributed by atoms with Crippen LogP contribution in [0.4, 0.5) is 0 Å². The molecule has 0 N–H and O–H groups in total. The van der Waals surface area contributed by atoms with Gasteiger partial charge in [0.1, 0.15) is 0 Å². The highest BCUT2D eigenvalue weighted by atomic mass is 35.5. The van der Waals surface area contributed by atoms with E-state index in [2.05, 4.69) is 48.5 Å². The summed E-state index contributed by atoms with van der Waals surface area (Å²) in [5.41, 5.74) is -0.454. The molecule has 0 aliphatic carbocycles. The second-order valence-electron chi connectivity index (χ2n) is 6.39. The Hall–Kier alpha value is -0.803. The van der Waals surface area contributed by atoms with Gasteiger partial charge in [-0.3, -0.25) is 0 Å². The molecule has 0 aromatic heterocycles. The summed E-state index contributed by atoms with van der Waals surface area (Å²) in [6, 6.07) is 21.8. The van der Waals surface area contributed by atoms with Crippen LogP contribution in [0.25, 0.3) is 0 Å². The van der Waals surface area contributed by atoms with E-state index in [4.69, 9.17) is 27.6 Å². The average Bonchev–Trinajstić information content (AvgIpc) is 2.54. The maximum absolute atomic E-state index is 6.74. The predicted octanol–water partition coefficient (Wildman–Crippen LogP) is 3.77. The molecule has 22 heavy (non-hydrogen) atoms. The number of halogens is 2. The molecule has 0 spiro atoms. The summed E-state index contributed by atoms with van der Waals surface area (Å²) in [6.45, 7) is 4.10. The van der Waals surface area contributed by atoms with Gasteiger partial charge >= 0.3 is 0 Å². The summed E-state index contributed by atoms with van der Waals surface area (Å²) in [7, 11) is -2.39. The highest BCUT2D eigenvalue weighted by molar-refractivity contribution is 6.98. The van der Waals surface area contributed by atoms with E-state index in [1.54, 1.807) is 0 Å². The van der Waals surface area contributed by atoms with E-state index in [1.807, 2.05) is 26.0 Å². The van der Waals surface area contributed by atoms with Crippen molar-refractivity contribution in [1.82, 2.24) is 0 Å². The highest BCUT2D eigenvalue weighted by Crippen LogP contribution is 2.39. The van der Waals surface area contributed by atoms with Crippen molar-refractivity contribution in [2.24, 2.45) is 0 Å². The molecule has 0 radical (unpaired) electrons. The summed E-state index contributed by atoms with van der Waals surface area (Å²) in [5, 5.41) is 2.21. The lowest BCUT2D eigenvalue weighted by atomic mass is 10.0. The van der Waals surface area contributed by atoms with E-state index in [1.165, 1.54) is 10.4 Å². The second kappa shape index (κ2) is 6.01. The quantitative estimate of drug-likeness (QED) is 0.591. The van der Waals surface area contributed by atoms with Gasteiger partial charge in [-0.2, -0.15) is 0 Å². The molecule has 1 fully saturated rings. The first-order valence-electron chi connectivity index (χ1n) is 7.55. The summed E-state index contributed by atoms with van der Waals surface area (Å²) >= 11 is 13.2. The molecule has 116 valence electrons. The molecule has 0 saturated carbocycles. The normalized spacial score (nSPS) is 26.5. The van der Waals surface area contributed by atoms with Crippen molar-refractivity contribution in [1.29, 1.82) is 0 Å². The van der Waals surface area contributed by atoms with Crippen LogP contribution in [0.5, 0.6) is 0 Å². The third-order valence-electron chi connectivity index (χ3n) is 4.38. The van der Waals surface area contributed by atoms with Gasteiger partial charge in [0.2, 0.25) is 0 Å². The summed E-state index contributed by atoms with van der Waals surface area (Å²) in [6.07, 6.45) is 0. The molecular formula is C18H20Cl2OSi. The van der Waals surface area contributed by atoms with Gasteiger partial charge in [0.15, 0.2) is 0 Å². The standard InChI is InChI=1S/C18H20Cl2OSi/c1-18(2)17(20)16(19)13-22(21-18,14-9-5-3-6-10-14)15-11-7-4-8-12-15/h3-12,16-17H,13H2,1-2H3. The van der Waals surface area contributed by atoms with Crippen LogP contribution in [0.2, 0.25) is 6.04 Å². The topological polar surface area (TPSA) is 9.23 Å². The van der Waals surface area contributed by atoms with Gasteiger partial charge < -0.3 is 4.43 Å². The van der Waals surface area contributed by atoms with Gasteiger partial charge in [-0.05, 0) is 30.3 Å². The van der Waals surface area contributed by atoms with Crippen LogP contribution < -0.4 is 10.4 Å². The third kappa shape index (κ3) is 2.74. The lowest BCUT2D eigenvalue weighted by molar-refractivity contribution is 0.0833. The SMILES string of the molecule is CC1(C)O[Si](c2ccccc2)(c2ccccc2)CC(Cl)C1Cl. The number of hydrogen-bond acceptors (Lipinski definition) is 1. The minimum Gasteiger partial charge on any atom is -0.401 e. The molecule has 4 heteroatoms. The van der Waals surface area contributed by atoms with Crippen LogP contribution in [0.3, 0.4) is 0 Å². The zero-order valence-electron chi connectivity index (χ0n) is 12.8. The van der Waals surface area contributed by atoms with Crippen LogP contribution in [0, 0.1) is 0 Å². The molecule has 2 atom stereocenters. The highest BCUT2D eigenvalue weighted by Gasteiger charge is 2.53. The second-order valence-corrected chi connectivity index (χ2v) is 10.8. The third-order valence-corrected chi connectivity index (χ3v) is 10.4. The minimum absolute atomic E-state index is 0.0995. The average molecular weight is 351 g/mol. The van der Waals surface area contributed by atoms with Crippen molar-refractivity contribution in [3.05, 3.63) is 60.7 Å². The van der Waals surface area contributed by atoms with Gasteiger partial charge in [-0.15, -0.1) is 23.2 Å². The fourth-order valence-corrected chi connectivity index (χ4v) is 9.00. The lowest BCUT2D eigenvalue weighted by Gasteiger charge is -2.49. The zero-order valence-corrected chi connectivity index (χ0v) is 15.3. The minimum atomic E-state index is -2.39. The Bertz CT molecular complexity index is 591. The van der Waals surface area contributed by atoms with Gasteiger partial charge in [0.05, 0.1) is 16.4 Å². The van der Waals surface area contributed by atoms with Crippen LogP contribution in [0.1, 0.15) is 13.8 Å². The van der Waals surface area contributed by atoms with Crippen molar-refractivity contribution in [2.75, 3.05) is 0 Å². The van der Waals surface area contributed by atoms with Crippen molar-refractivity contribution < 1.29 is 4.43 Å². The predicted molar refractivity (Wildman–Crippen MR) is 97.2 cm³/mol. The summed E-state index contributed by atoms with van der Waals surface area (Å²) in [5.74, 6) is 0. The fraction of sp³-hybridized carbons (Fsp3) is 0.333. The Morgan fingerprint density at radius 2 is 1.36 bits per heavy atom. The van der Waals surface area contributed by atoms with Crippen molar-refractivity contribution in [3.63, 3.8) is 0 Å². The van der Waals surface area contributed by atoms with Gasteiger partial charge in [0.25, 0.3) is 8.32 Å². The van der Waals surface area contributed by atoms with Crippen molar-refractivity contribution in [3.8, 4) is 0 Å². The van der Waals surface area contributed by atoms with Crippen LogP contribution in [-0.4, -0.2) is 24.7 Å². The van der Waals surface area contributed by atoms with E-state index >= 15 is 0 Å². The van der Waals surface area contributed by atoms with Crippen molar-refractivity contribution >= 4 is 41.9 Å². The number of rotatable bonds is 2. The molecular weight excluding hydrogens is 331 g/mol. The Balaban J connectivity index is 2.17. The van der Waals surface area contributed by atoms with Gasteiger partial charge in [-0.1, -0.05) is 60.7 Å². The van der Waals surface area contributed by atoms with Crippen LogP contribution in [0.15, 0.2) is 60.7 Å². The molecule has 1 heterocycles. The van der Waals surface area contributed by atoms with E-state index < -0.39 is 13.9 Å². The maximum Gasteiger partial charge on any atom is 0.258 e. The first-order chi connectivity index (χ1) is 10.5. The van der Waals surface area contributed by atoms with Crippen molar-refractivity contribution in [2.45, 2.75) is 36.2 Å². The Morgan fingerprint density at radius 3 is 1.77 bits per heavy atom. The summed E-state index contributed by atoms with van der Waals surface area (Å²) in [4.78, 5) is 0. The van der Waals surface area contributed by atoms with Crippen LogP contribution in [-0.2, 0) is 4.43 Å². The van der Waals surface area contributed by atoms with E-state index in [9.17, 15) is 0 Å². The molecule has 1 saturated heterocycles. The molecule has 2 aromatic rings. The van der Waals surface area contributed by atoms with E-state index in [0.29, 0.717) is 0 Å². The molecule has 0 amide bonds. The Kier molecular flexibility index (Phi) is 4.39. The lowest BCUT2D eigenvalue weighted by Crippen LogP contribution is -2.70. The fourth-order valence-electron chi connectivity index (χ4n) is 3.30. The monoisotopic (exact) mass is 350 g/mol. The first-order valence-corrected chi connectivity index (χ1v) is 10.5. The molecule has 1 aliphatic heterocycles. The van der Waals surface area contributed by atoms with Gasteiger partial charge in [-0.25, -0.2) is 0 Å². The molecule has 1 aliphatic rings. The number of hydrogen-bond donors (Lipinski definition) is 0. The molecule has 3 rings (SSSR count). The summed E-state index contributed by atoms with van der Waals surface area (Å²) < 4.78 is 6.74. The van der Waals surface area contributed by atoms with Gasteiger partial charge in [0, 0.05) is 0 Å². The maximum atomic E-state index is 6.74. The number of alkyl halides is 2.